The van der Waals surface area contributed by atoms with Gasteiger partial charge in [-0.2, -0.15) is 0 Å². The molecule has 1 heterocycles. The van der Waals surface area contributed by atoms with Crippen LogP contribution in [0.3, 0.4) is 0 Å². The van der Waals surface area contributed by atoms with Crippen LogP contribution in [0.25, 0.3) is 0 Å². The van der Waals surface area contributed by atoms with Crippen molar-refractivity contribution in [3.8, 4) is 5.75 Å². The lowest BCUT2D eigenvalue weighted by Gasteiger charge is -2.23. The number of ether oxygens (including phenoxy) is 2. The van der Waals surface area contributed by atoms with Gasteiger partial charge in [0.15, 0.2) is 0 Å². The van der Waals surface area contributed by atoms with Crippen molar-refractivity contribution in [2.24, 2.45) is 0 Å². The third kappa shape index (κ3) is 11.6. The number of alkyl carbamates (subject to hydrolysis) is 1. The van der Waals surface area contributed by atoms with Crippen molar-refractivity contribution in [3.63, 3.8) is 0 Å². The molecule has 4 amide bonds. The van der Waals surface area contributed by atoms with Crippen molar-refractivity contribution >= 4 is 23.8 Å². The van der Waals surface area contributed by atoms with Gasteiger partial charge in [0.2, 0.25) is 17.7 Å². The predicted octanol–water partition coefficient (Wildman–Crippen LogP) is 4.48. The Hall–Kier alpha value is -4.86. The highest BCUT2D eigenvalue weighted by atomic mass is 16.5. The highest BCUT2D eigenvalue weighted by Gasteiger charge is 2.27. The van der Waals surface area contributed by atoms with Crippen LogP contribution in [0.1, 0.15) is 60.8 Å². The standard InChI is InChI=1S/C36H44N4O6/c1-26-17-19-30-23-29(26)24-38-34(42)32(20-18-27-11-4-2-5-12-27)39-35(43)31(15-10-16-33(41)37-21-8-9-22-45-30)40-36(44)46-25-28-13-6-3-7-14-28/h2-7,11-14,17,19,23,31-32H,8-10,15-16,18,20-22,24-25H2,1H3,(H,37,41)(H,38,42)(H,39,43)(H,40,44)/t31-,32-/m0/s1. The lowest BCUT2D eigenvalue weighted by molar-refractivity contribution is -0.130. The van der Waals surface area contributed by atoms with E-state index in [9.17, 15) is 19.2 Å². The van der Waals surface area contributed by atoms with E-state index in [1.807, 2.05) is 85.8 Å². The second-order valence-electron chi connectivity index (χ2n) is 11.4. The Morgan fingerprint density at radius 2 is 1.63 bits per heavy atom. The molecule has 3 aromatic rings. The minimum Gasteiger partial charge on any atom is -0.494 e. The first kappa shape index (κ1) is 34.0. The van der Waals surface area contributed by atoms with E-state index < -0.39 is 24.1 Å². The minimum atomic E-state index is -1.01. The molecule has 244 valence electrons. The highest BCUT2D eigenvalue weighted by Crippen LogP contribution is 2.18. The van der Waals surface area contributed by atoms with Crippen LogP contribution in [0.15, 0.2) is 78.9 Å². The van der Waals surface area contributed by atoms with Gasteiger partial charge in [-0.1, -0.05) is 66.7 Å². The Balaban J connectivity index is 1.51. The highest BCUT2D eigenvalue weighted by molar-refractivity contribution is 5.91. The Bertz CT molecular complexity index is 1430. The smallest absolute Gasteiger partial charge is 0.408 e. The van der Waals surface area contributed by atoms with Gasteiger partial charge in [0.1, 0.15) is 24.4 Å². The Kier molecular flexibility index (Phi) is 13.5. The molecule has 0 saturated carbocycles. The second-order valence-corrected chi connectivity index (χ2v) is 11.4. The molecule has 4 rings (SSSR count). The number of amides is 4. The van der Waals surface area contributed by atoms with E-state index in [0.29, 0.717) is 38.2 Å². The maximum atomic E-state index is 13.7. The normalized spacial score (nSPS) is 18.6. The summed E-state index contributed by atoms with van der Waals surface area (Å²) in [5, 5.41) is 11.4. The fourth-order valence-corrected chi connectivity index (χ4v) is 5.11. The average molecular weight is 629 g/mol. The van der Waals surface area contributed by atoms with Gasteiger partial charge in [-0.3, -0.25) is 14.4 Å². The summed E-state index contributed by atoms with van der Waals surface area (Å²) in [5.41, 5.74) is 3.74. The summed E-state index contributed by atoms with van der Waals surface area (Å²) >= 11 is 0. The van der Waals surface area contributed by atoms with Crippen molar-refractivity contribution in [2.45, 2.75) is 77.1 Å². The fraction of sp³-hybridized carbons (Fsp3) is 0.389. The van der Waals surface area contributed by atoms with Crippen LogP contribution in [0.2, 0.25) is 0 Å². The number of aryl methyl sites for hydroxylation is 2. The predicted molar refractivity (Wildman–Crippen MR) is 175 cm³/mol. The molecule has 10 nitrogen and oxygen atoms in total. The Morgan fingerprint density at radius 1 is 0.891 bits per heavy atom. The number of benzene rings is 3. The van der Waals surface area contributed by atoms with Gasteiger partial charge in [0, 0.05) is 19.5 Å². The summed E-state index contributed by atoms with van der Waals surface area (Å²) in [4.78, 5) is 52.5. The molecular formula is C36H44N4O6. The van der Waals surface area contributed by atoms with Crippen LogP contribution in [-0.2, 0) is 38.7 Å². The zero-order chi connectivity index (χ0) is 32.6. The number of hydrogen-bond donors (Lipinski definition) is 4. The lowest BCUT2D eigenvalue weighted by Crippen LogP contribution is -2.53. The molecule has 0 aliphatic carbocycles. The maximum Gasteiger partial charge on any atom is 0.408 e. The zero-order valence-corrected chi connectivity index (χ0v) is 26.4. The third-order valence-corrected chi connectivity index (χ3v) is 7.85. The number of carbonyl (C=O) groups excluding carboxylic acids is 4. The van der Waals surface area contributed by atoms with E-state index in [-0.39, 0.29) is 37.8 Å². The lowest BCUT2D eigenvalue weighted by atomic mass is 10.0. The molecule has 3 aromatic carbocycles. The molecule has 1 aliphatic rings. The van der Waals surface area contributed by atoms with Gasteiger partial charge >= 0.3 is 6.09 Å². The molecule has 0 radical (unpaired) electrons. The molecule has 0 saturated heterocycles. The van der Waals surface area contributed by atoms with Gasteiger partial charge in [-0.05, 0) is 79.8 Å². The number of carbonyl (C=O) groups is 4. The van der Waals surface area contributed by atoms with E-state index in [4.69, 9.17) is 9.47 Å². The van der Waals surface area contributed by atoms with E-state index in [1.54, 1.807) is 0 Å². The SMILES string of the molecule is Cc1ccc2cc1CNC(=O)[C@H](CCc1ccccc1)NC(=O)[C@@H](NC(=O)OCc1ccccc1)CCCC(=O)NCCCCO2. The molecule has 0 spiro atoms. The third-order valence-electron chi connectivity index (χ3n) is 7.85. The summed E-state index contributed by atoms with van der Waals surface area (Å²) in [5.74, 6) is -0.292. The van der Waals surface area contributed by atoms with Gasteiger partial charge in [-0.25, -0.2) is 4.79 Å². The molecule has 2 bridgehead atoms. The molecule has 10 heteroatoms. The molecule has 46 heavy (non-hydrogen) atoms. The number of fused-ring (bicyclic) bond motifs is 2. The number of hydrogen-bond acceptors (Lipinski definition) is 6. The summed E-state index contributed by atoms with van der Waals surface area (Å²) in [6, 6.07) is 22.8. The Labute approximate surface area is 270 Å². The van der Waals surface area contributed by atoms with E-state index in [2.05, 4.69) is 21.3 Å². The van der Waals surface area contributed by atoms with E-state index >= 15 is 0 Å². The molecule has 2 atom stereocenters. The van der Waals surface area contributed by atoms with Crippen LogP contribution in [0, 0.1) is 6.92 Å². The van der Waals surface area contributed by atoms with Gasteiger partial charge in [0.25, 0.3) is 0 Å². The average Bonchev–Trinajstić information content (AvgIpc) is 3.07. The fourth-order valence-electron chi connectivity index (χ4n) is 5.11. The quantitative estimate of drug-likeness (QED) is 0.318. The first-order chi connectivity index (χ1) is 22.4. The zero-order valence-electron chi connectivity index (χ0n) is 26.4. The number of nitrogens with one attached hydrogen (secondary N) is 4. The minimum absolute atomic E-state index is 0.0389. The van der Waals surface area contributed by atoms with Gasteiger partial charge in [-0.15, -0.1) is 0 Å². The van der Waals surface area contributed by atoms with Crippen molar-refractivity contribution in [1.82, 2.24) is 21.3 Å². The molecule has 0 aromatic heterocycles. The van der Waals surface area contributed by atoms with Gasteiger partial charge in [0.05, 0.1) is 6.61 Å². The molecule has 0 unspecified atom stereocenters. The first-order valence-electron chi connectivity index (χ1n) is 16.0. The molecule has 1 aliphatic heterocycles. The summed E-state index contributed by atoms with van der Waals surface area (Å²) in [6.45, 7) is 3.29. The molecular weight excluding hydrogens is 584 g/mol. The summed E-state index contributed by atoms with van der Waals surface area (Å²) in [6.07, 6.45) is 2.38. The molecule has 0 fully saturated rings. The van der Waals surface area contributed by atoms with Crippen LogP contribution in [0.4, 0.5) is 4.79 Å². The maximum absolute atomic E-state index is 13.7. The van der Waals surface area contributed by atoms with E-state index in [0.717, 1.165) is 35.1 Å². The van der Waals surface area contributed by atoms with Crippen LogP contribution in [0.5, 0.6) is 5.75 Å². The van der Waals surface area contributed by atoms with Crippen LogP contribution >= 0.6 is 0 Å². The Morgan fingerprint density at radius 3 is 2.39 bits per heavy atom. The van der Waals surface area contributed by atoms with Crippen LogP contribution in [-0.4, -0.2) is 49.1 Å². The van der Waals surface area contributed by atoms with Crippen molar-refractivity contribution in [3.05, 3.63) is 101 Å². The van der Waals surface area contributed by atoms with E-state index in [1.165, 1.54) is 0 Å². The monoisotopic (exact) mass is 628 g/mol. The second kappa shape index (κ2) is 18.2. The summed E-state index contributed by atoms with van der Waals surface area (Å²) in [7, 11) is 0. The topological polar surface area (TPSA) is 135 Å². The number of rotatable bonds is 6. The molecule has 4 N–H and O–H groups in total. The van der Waals surface area contributed by atoms with Crippen LogP contribution < -0.4 is 26.0 Å². The van der Waals surface area contributed by atoms with Crippen molar-refractivity contribution < 1.29 is 28.7 Å². The van der Waals surface area contributed by atoms with Crippen molar-refractivity contribution in [2.75, 3.05) is 13.2 Å². The largest absolute Gasteiger partial charge is 0.494 e. The van der Waals surface area contributed by atoms with Gasteiger partial charge < -0.3 is 30.7 Å². The summed E-state index contributed by atoms with van der Waals surface area (Å²) < 4.78 is 11.3. The first-order valence-corrected chi connectivity index (χ1v) is 16.0. The van der Waals surface area contributed by atoms with Crippen molar-refractivity contribution in [1.29, 1.82) is 0 Å².